The topological polar surface area (TPSA) is 65.5 Å². The second-order valence-electron chi connectivity index (χ2n) is 4.92. The number of nitrogens with zero attached hydrogens (tertiary/aromatic N) is 2. The molecule has 3 N–H and O–H groups in total. The van der Waals surface area contributed by atoms with Crippen LogP contribution in [0.5, 0.6) is 0 Å². The zero-order valence-electron chi connectivity index (χ0n) is 11.3. The van der Waals surface area contributed by atoms with E-state index in [0.717, 1.165) is 16.8 Å². The van der Waals surface area contributed by atoms with Crippen molar-refractivity contribution in [2.75, 3.05) is 6.54 Å². The molecule has 21 heavy (non-hydrogen) atoms. The van der Waals surface area contributed by atoms with Gasteiger partial charge in [0.05, 0.1) is 12.3 Å². The summed E-state index contributed by atoms with van der Waals surface area (Å²) >= 11 is 5.95. The molecule has 0 radical (unpaired) electrons. The largest absolute Gasteiger partial charge is 0.369 e. The average Bonchev–Trinajstić information content (AvgIpc) is 2.94. The van der Waals surface area contributed by atoms with Gasteiger partial charge in [-0.2, -0.15) is 5.10 Å². The zero-order valence-corrected chi connectivity index (χ0v) is 12.1. The summed E-state index contributed by atoms with van der Waals surface area (Å²) in [6.07, 6.45) is 0. The summed E-state index contributed by atoms with van der Waals surface area (Å²) in [7, 11) is 0. The fourth-order valence-corrected chi connectivity index (χ4v) is 2.61. The summed E-state index contributed by atoms with van der Waals surface area (Å²) in [6.45, 7) is 0.581. The maximum atomic E-state index is 7.61. The van der Waals surface area contributed by atoms with Crippen LogP contribution in [0.1, 0.15) is 17.0 Å². The number of rotatable bonds is 2. The Morgan fingerprint density at radius 1 is 1.14 bits per heavy atom. The van der Waals surface area contributed by atoms with Crippen LogP contribution in [-0.4, -0.2) is 23.2 Å². The normalized spacial score (nSPS) is 17.7. The number of nitrogens with one attached hydrogen (secondary N) is 1. The summed E-state index contributed by atoms with van der Waals surface area (Å²) in [5.41, 5.74) is 8.65. The van der Waals surface area contributed by atoms with Crippen molar-refractivity contribution in [1.82, 2.24) is 5.01 Å². The van der Waals surface area contributed by atoms with Crippen molar-refractivity contribution in [2.24, 2.45) is 10.8 Å². The second kappa shape index (κ2) is 5.58. The fourth-order valence-electron chi connectivity index (χ4n) is 2.48. The lowest BCUT2D eigenvalue weighted by Gasteiger charge is -2.14. The van der Waals surface area contributed by atoms with Gasteiger partial charge < -0.3 is 5.73 Å². The van der Waals surface area contributed by atoms with Crippen LogP contribution >= 0.6 is 11.6 Å². The van der Waals surface area contributed by atoms with Crippen LogP contribution in [0.3, 0.4) is 0 Å². The molecule has 0 aliphatic carbocycles. The number of hydrogen-bond acceptors (Lipinski definition) is 2. The van der Waals surface area contributed by atoms with Gasteiger partial charge in [-0.05, 0) is 23.3 Å². The molecule has 1 atom stereocenters. The lowest BCUT2D eigenvalue weighted by atomic mass is 9.91. The minimum Gasteiger partial charge on any atom is -0.369 e. The van der Waals surface area contributed by atoms with E-state index in [1.165, 1.54) is 5.01 Å². The lowest BCUT2D eigenvalue weighted by Crippen LogP contribution is -2.31. The fraction of sp³-hybridized carbons (Fsp3) is 0.125. The Morgan fingerprint density at radius 2 is 1.81 bits per heavy atom. The highest BCUT2D eigenvalue weighted by molar-refractivity contribution is 6.30. The van der Waals surface area contributed by atoms with Gasteiger partial charge in [-0.25, -0.2) is 5.01 Å². The Bertz CT molecular complexity index is 679. The van der Waals surface area contributed by atoms with Gasteiger partial charge in [0, 0.05) is 10.9 Å². The van der Waals surface area contributed by atoms with Crippen LogP contribution in [0.4, 0.5) is 0 Å². The molecule has 0 unspecified atom stereocenters. The summed E-state index contributed by atoms with van der Waals surface area (Å²) in [5.74, 6) is 0.0520. The molecular formula is C16H15ClN4. The highest BCUT2D eigenvalue weighted by Crippen LogP contribution is 2.28. The number of benzene rings is 2. The molecule has 0 amide bonds. The summed E-state index contributed by atoms with van der Waals surface area (Å²) in [4.78, 5) is 0. The quantitative estimate of drug-likeness (QED) is 0.661. The number of hydrogen-bond donors (Lipinski definition) is 2. The van der Waals surface area contributed by atoms with Crippen molar-refractivity contribution < 1.29 is 0 Å². The minimum atomic E-state index is -0.0418. The molecule has 0 fully saturated rings. The SMILES string of the molecule is N=C(N)N1C[C@H](c2ccccc2)C(c2ccc(Cl)cc2)=N1. The van der Waals surface area contributed by atoms with Gasteiger partial charge in [0.15, 0.2) is 0 Å². The highest BCUT2D eigenvalue weighted by Gasteiger charge is 2.30. The molecule has 106 valence electrons. The molecule has 1 aliphatic heterocycles. The molecule has 2 aromatic carbocycles. The molecule has 4 nitrogen and oxygen atoms in total. The first kappa shape index (κ1) is 13.6. The average molecular weight is 299 g/mol. The van der Waals surface area contributed by atoms with Gasteiger partial charge in [-0.3, -0.25) is 5.41 Å². The summed E-state index contributed by atoms with van der Waals surface area (Å²) in [6, 6.07) is 17.7. The van der Waals surface area contributed by atoms with Crippen molar-refractivity contribution in [1.29, 1.82) is 5.41 Å². The van der Waals surface area contributed by atoms with Gasteiger partial charge in [0.1, 0.15) is 0 Å². The van der Waals surface area contributed by atoms with E-state index in [1.807, 2.05) is 42.5 Å². The summed E-state index contributed by atoms with van der Waals surface area (Å²) < 4.78 is 0. The van der Waals surface area contributed by atoms with Crippen LogP contribution in [0.15, 0.2) is 59.7 Å². The Hall–Kier alpha value is -2.33. The van der Waals surface area contributed by atoms with Crippen molar-refractivity contribution in [3.63, 3.8) is 0 Å². The molecule has 1 heterocycles. The predicted molar refractivity (Wildman–Crippen MR) is 85.8 cm³/mol. The monoisotopic (exact) mass is 298 g/mol. The van der Waals surface area contributed by atoms with E-state index >= 15 is 0 Å². The zero-order chi connectivity index (χ0) is 14.8. The van der Waals surface area contributed by atoms with Crippen LogP contribution < -0.4 is 5.73 Å². The van der Waals surface area contributed by atoms with Gasteiger partial charge in [-0.15, -0.1) is 0 Å². The predicted octanol–water partition coefficient (Wildman–Crippen LogP) is 3.04. The first-order valence-corrected chi connectivity index (χ1v) is 7.04. The van der Waals surface area contributed by atoms with Gasteiger partial charge in [-0.1, -0.05) is 54.1 Å². The molecule has 0 bridgehead atoms. The molecule has 3 rings (SSSR count). The lowest BCUT2D eigenvalue weighted by molar-refractivity contribution is 0.466. The third-order valence-corrected chi connectivity index (χ3v) is 3.79. The van der Waals surface area contributed by atoms with E-state index in [-0.39, 0.29) is 11.9 Å². The van der Waals surface area contributed by atoms with E-state index in [9.17, 15) is 0 Å². The maximum absolute atomic E-state index is 7.61. The first-order valence-electron chi connectivity index (χ1n) is 6.66. The third-order valence-electron chi connectivity index (χ3n) is 3.53. The van der Waals surface area contributed by atoms with Gasteiger partial charge >= 0.3 is 0 Å². The van der Waals surface area contributed by atoms with E-state index in [4.69, 9.17) is 22.7 Å². The van der Waals surface area contributed by atoms with E-state index in [0.29, 0.717) is 11.6 Å². The van der Waals surface area contributed by atoms with Crippen LogP contribution in [-0.2, 0) is 0 Å². The smallest absolute Gasteiger partial charge is 0.209 e. The Morgan fingerprint density at radius 3 is 2.43 bits per heavy atom. The van der Waals surface area contributed by atoms with Crippen LogP contribution in [0.2, 0.25) is 5.02 Å². The molecule has 0 aromatic heterocycles. The maximum Gasteiger partial charge on any atom is 0.209 e. The molecule has 0 saturated heterocycles. The number of nitrogens with two attached hydrogens (primary N) is 1. The first-order chi connectivity index (χ1) is 10.1. The van der Waals surface area contributed by atoms with Crippen molar-refractivity contribution in [3.8, 4) is 0 Å². The number of halogens is 1. The van der Waals surface area contributed by atoms with Crippen molar-refractivity contribution in [2.45, 2.75) is 5.92 Å². The molecule has 1 aliphatic rings. The van der Waals surface area contributed by atoms with E-state index in [2.05, 4.69) is 17.2 Å². The Balaban J connectivity index is 2.01. The molecule has 2 aromatic rings. The molecule has 0 spiro atoms. The standard InChI is InChI=1S/C16H15ClN4/c17-13-8-6-12(7-9-13)15-14(10-21(20-15)16(18)19)11-4-2-1-3-5-11/h1-9,14H,10H2,(H3,18,19)/t14-/m1/s1. The molecular weight excluding hydrogens is 284 g/mol. The van der Waals surface area contributed by atoms with Crippen LogP contribution in [0, 0.1) is 5.41 Å². The highest BCUT2D eigenvalue weighted by atomic mass is 35.5. The van der Waals surface area contributed by atoms with Gasteiger partial charge in [0.25, 0.3) is 0 Å². The molecule has 0 saturated carbocycles. The van der Waals surface area contributed by atoms with Crippen molar-refractivity contribution in [3.05, 3.63) is 70.7 Å². The number of guanidine groups is 1. The Labute approximate surface area is 128 Å². The van der Waals surface area contributed by atoms with Crippen molar-refractivity contribution >= 4 is 23.3 Å². The summed E-state index contributed by atoms with van der Waals surface area (Å²) in [5, 5.41) is 14.3. The number of hydrazone groups is 1. The second-order valence-corrected chi connectivity index (χ2v) is 5.36. The van der Waals surface area contributed by atoms with Gasteiger partial charge in [0.2, 0.25) is 5.96 Å². The minimum absolute atomic E-state index is 0.0418. The third kappa shape index (κ3) is 2.76. The van der Waals surface area contributed by atoms with E-state index in [1.54, 1.807) is 0 Å². The van der Waals surface area contributed by atoms with E-state index < -0.39 is 0 Å². The Kier molecular flexibility index (Phi) is 3.62. The molecule has 5 heteroatoms. The van der Waals surface area contributed by atoms with Crippen LogP contribution in [0.25, 0.3) is 0 Å².